The van der Waals surface area contributed by atoms with Crippen LogP contribution in [0.3, 0.4) is 0 Å². The van der Waals surface area contributed by atoms with Crippen LogP contribution in [0.5, 0.6) is 0 Å². The van der Waals surface area contributed by atoms with Gasteiger partial charge in [-0.2, -0.15) is 0 Å². The number of aromatic nitrogens is 3. The molecule has 1 amide bonds. The highest BCUT2D eigenvalue weighted by Gasteiger charge is 2.26. The third-order valence-electron chi connectivity index (χ3n) is 4.77. The van der Waals surface area contributed by atoms with E-state index >= 15 is 0 Å². The van der Waals surface area contributed by atoms with E-state index in [1.807, 2.05) is 4.68 Å². The third kappa shape index (κ3) is 3.43. The van der Waals surface area contributed by atoms with Gasteiger partial charge in [0.25, 0.3) is 0 Å². The molecule has 21 heavy (non-hydrogen) atoms. The van der Waals surface area contributed by atoms with Crippen molar-refractivity contribution in [3.8, 4) is 0 Å². The van der Waals surface area contributed by atoms with Gasteiger partial charge >= 0.3 is 0 Å². The molecule has 2 heterocycles. The van der Waals surface area contributed by atoms with Crippen LogP contribution in [-0.2, 0) is 22.5 Å². The van der Waals surface area contributed by atoms with E-state index in [4.69, 9.17) is 10.5 Å². The summed E-state index contributed by atoms with van der Waals surface area (Å²) < 4.78 is 7.46. The van der Waals surface area contributed by atoms with Gasteiger partial charge in [-0.25, -0.2) is 4.68 Å². The highest BCUT2D eigenvalue weighted by molar-refractivity contribution is 5.76. The second-order valence-corrected chi connectivity index (χ2v) is 6.26. The molecule has 116 valence electrons. The molecule has 0 unspecified atom stereocenters. The largest absolute Gasteiger partial charge is 0.381 e. The fraction of sp³-hybridized carbons (Fsp3) is 0.800. The second kappa shape index (κ2) is 6.56. The summed E-state index contributed by atoms with van der Waals surface area (Å²) >= 11 is 0. The van der Waals surface area contributed by atoms with E-state index in [0.717, 1.165) is 56.3 Å². The number of carbonyl (C=O) groups excluding carboxylic acids is 1. The number of amides is 1. The van der Waals surface area contributed by atoms with Crippen molar-refractivity contribution in [1.29, 1.82) is 0 Å². The molecule has 0 bridgehead atoms. The predicted molar refractivity (Wildman–Crippen MR) is 77.7 cm³/mol. The molecule has 6 heteroatoms. The van der Waals surface area contributed by atoms with Gasteiger partial charge in [-0.3, -0.25) is 4.79 Å². The zero-order valence-electron chi connectivity index (χ0n) is 12.5. The van der Waals surface area contributed by atoms with Crippen molar-refractivity contribution < 1.29 is 9.53 Å². The number of aryl methyl sites for hydroxylation is 1. The second-order valence-electron chi connectivity index (χ2n) is 6.26. The van der Waals surface area contributed by atoms with Crippen LogP contribution in [0.15, 0.2) is 0 Å². The number of carbonyl (C=O) groups is 1. The molecule has 0 aromatic carbocycles. The van der Waals surface area contributed by atoms with Crippen molar-refractivity contribution in [2.45, 2.75) is 57.4 Å². The zero-order chi connectivity index (χ0) is 14.7. The summed E-state index contributed by atoms with van der Waals surface area (Å²) in [5.41, 5.74) is 7.23. The lowest BCUT2D eigenvalue weighted by atomic mass is 9.83. The van der Waals surface area contributed by atoms with E-state index in [1.165, 1.54) is 19.3 Å². The maximum absolute atomic E-state index is 11.3. The van der Waals surface area contributed by atoms with Crippen molar-refractivity contribution in [2.24, 2.45) is 11.7 Å². The van der Waals surface area contributed by atoms with Crippen molar-refractivity contribution in [3.63, 3.8) is 0 Å². The molecular weight excluding hydrogens is 268 g/mol. The number of ether oxygens (including phenoxy) is 1. The Morgan fingerprint density at radius 3 is 2.67 bits per heavy atom. The van der Waals surface area contributed by atoms with E-state index < -0.39 is 0 Å². The molecule has 0 spiro atoms. The van der Waals surface area contributed by atoms with Gasteiger partial charge in [0.05, 0.1) is 17.8 Å². The van der Waals surface area contributed by atoms with Crippen molar-refractivity contribution in [3.05, 3.63) is 11.4 Å². The molecule has 0 radical (unpaired) electrons. The monoisotopic (exact) mass is 292 g/mol. The molecule has 2 fully saturated rings. The van der Waals surface area contributed by atoms with Crippen molar-refractivity contribution in [2.75, 3.05) is 13.2 Å². The van der Waals surface area contributed by atoms with Gasteiger partial charge in [-0.1, -0.05) is 24.5 Å². The standard InChI is InChI=1S/C15H24N4O2/c16-14(20)10-13-15(12-5-8-21-9-6-12)19(18-17-13)7-4-11-2-1-3-11/h11-12H,1-10H2,(H2,16,20). The number of nitrogens with zero attached hydrogens (tertiary/aromatic N) is 3. The van der Waals surface area contributed by atoms with Gasteiger partial charge in [0.15, 0.2) is 0 Å². The van der Waals surface area contributed by atoms with Crippen LogP contribution in [0.4, 0.5) is 0 Å². The van der Waals surface area contributed by atoms with Gasteiger partial charge in [-0.15, -0.1) is 5.10 Å². The Morgan fingerprint density at radius 1 is 1.29 bits per heavy atom. The van der Waals surface area contributed by atoms with Crippen LogP contribution in [-0.4, -0.2) is 34.1 Å². The quantitative estimate of drug-likeness (QED) is 0.859. The summed E-state index contributed by atoms with van der Waals surface area (Å²) in [6.45, 7) is 2.45. The Labute approximate surface area is 125 Å². The number of primary amides is 1. The number of nitrogens with two attached hydrogens (primary N) is 1. The lowest BCUT2D eigenvalue weighted by molar-refractivity contribution is -0.117. The van der Waals surface area contributed by atoms with E-state index in [2.05, 4.69) is 10.3 Å². The summed E-state index contributed by atoms with van der Waals surface area (Å²) in [7, 11) is 0. The highest BCUT2D eigenvalue weighted by Crippen LogP contribution is 2.32. The minimum atomic E-state index is -0.339. The average Bonchev–Trinajstić information content (AvgIpc) is 2.80. The first-order valence-corrected chi connectivity index (χ1v) is 8.02. The minimum Gasteiger partial charge on any atom is -0.381 e. The summed E-state index contributed by atoms with van der Waals surface area (Å²) in [5, 5.41) is 8.52. The van der Waals surface area contributed by atoms with Crippen molar-refractivity contribution >= 4 is 5.91 Å². The van der Waals surface area contributed by atoms with Crippen LogP contribution in [0.2, 0.25) is 0 Å². The summed E-state index contributed by atoms with van der Waals surface area (Å²) in [6.07, 6.45) is 7.35. The number of hydrogen-bond acceptors (Lipinski definition) is 4. The molecule has 1 aliphatic carbocycles. The Hall–Kier alpha value is -1.43. The topological polar surface area (TPSA) is 83.0 Å². The van der Waals surface area contributed by atoms with E-state index in [0.29, 0.717) is 5.92 Å². The van der Waals surface area contributed by atoms with E-state index in [9.17, 15) is 4.79 Å². The zero-order valence-corrected chi connectivity index (χ0v) is 12.5. The van der Waals surface area contributed by atoms with E-state index in [-0.39, 0.29) is 12.3 Å². The van der Waals surface area contributed by atoms with E-state index in [1.54, 1.807) is 0 Å². The first kappa shape index (κ1) is 14.5. The van der Waals surface area contributed by atoms with Gasteiger partial charge in [0.2, 0.25) is 5.91 Å². The molecule has 1 aliphatic heterocycles. The normalized spacial score (nSPS) is 20.4. The summed E-state index contributed by atoms with van der Waals surface area (Å²) in [6, 6.07) is 0. The molecule has 1 aromatic rings. The molecule has 1 saturated heterocycles. The van der Waals surface area contributed by atoms with Gasteiger partial charge in [0, 0.05) is 25.7 Å². The van der Waals surface area contributed by atoms with Crippen molar-refractivity contribution in [1.82, 2.24) is 15.0 Å². The number of rotatable bonds is 6. The fourth-order valence-corrected chi connectivity index (χ4v) is 3.32. The Kier molecular flexibility index (Phi) is 4.53. The third-order valence-corrected chi connectivity index (χ3v) is 4.77. The SMILES string of the molecule is NC(=O)Cc1nnn(CCC2CCC2)c1C1CCOCC1. The molecule has 3 rings (SSSR count). The van der Waals surface area contributed by atoms with Crippen LogP contribution in [0.1, 0.15) is 55.8 Å². The highest BCUT2D eigenvalue weighted by atomic mass is 16.5. The maximum atomic E-state index is 11.3. The molecular formula is C15H24N4O2. The van der Waals surface area contributed by atoms with Gasteiger partial charge in [0.1, 0.15) is 0 Å². The first-order chi connectivity index (χ1) is 10.2. The maximum Gasteiger partial charge on any atom is 0.223 e. The molecule has 6 nitrogen and oxygen atoms in total. The predicted octanol–water partition coefficient (Wildman–Crippen LogP) is 1.39. The molecule has 1 saturated carbocycles. The first-order valence-electron chi connectivity index (χ1n) is 8.02. The lowest BCUT2D eigenvalue weighted by Gasteiger charge is -2.27. The summed E-state index contributed by atoms with van der Waals surface area (Å²) in [5.74, 6) is 0.898. The Bertz CT molecular complexity index is 490. The fourth-order valence-electron chi connectivity index (χ4n) is 3.32. The molecule has 0 atom stereocenters. The van der Waals surface area contributed by atoms with Crippen LogP contribution < -0.4 is 5.73 Å². The average molecular weight is 292 g/mol. The Balaban J connectivity index is 1.76. The molecule has 2 N–H and O–H groups in total. The van der Waals surface area contributed by atoms with Gasteiger partial charge in [-0.05, 0) is 25.2 Å². The smallest absolute Gasteiger partial charge is 0.223 e. The van der Waals surface area contributed by atoms with Crippen LogP contribution >= 0.6 is 0 Å². The molecule has 1 aromatic heterocycles. The van der Waals surface area contributed by atoms with Crippen LogP contribution in [0, 0.1) is 5.92 Å². The summed E-state index contributed by atoms with van der Waals surface area (Å²) in [4.78, 5) is 11.3. The van der Waals surface area contributed by atoms with Crippen LogP contribution in [0.25, 0.3) is 0 Å². The van der Waals surface area contributed by atoms with Gasteiger partial charge < -0.3 is 10.5 Å². The Morgan fingerprint density at radius 2 is 2.05 bits per heavy atom. The number of hydrogen-bond donors (Lipinski definition) is 1. The minimum absolute atomic E-state index is 0.191. The lowest BCUT2D eigenvalue weighted by Crippen LogP contribution is -2.22. The molecule has 2 aliphatic rings.